The lowest BCUT2D eigenvalue weighted by Crippen LogP contribution is -2.40. The molecule has 0 aliphatic carbocycles. The lowest BCUT2D eigenvalue weighted by Gasteiger charge is -2.31. The number of benzene rings is 1. The van der Waals surface area contributed by atoms with Gasteiger partial charge in [0, 0.05) is 12.5 Å². The lowest BCUT2D eigenvalue weighted by atomic mass is 9.81. The Hall–Kier alpha value is -1.55. The summed E-state index contributed by atoms with van der Waals surface area (Å²) in [6.07, 6.45) is 0.917. The predicted octanol–water partition coefficient (Wildman–Crippen LogP) is 1.56. The third-order valence-electron chi connectivity index (χ3n) is 3.52. The summed E-state index contributed by atoms with van der Waals surface area (Å²) in [5.74, 6) is 0.714. The first kappa shape index (κ1) is 12.9. The number of hydrogen-bond acceptors (Lipinski definition) is 4. The van der Waals surface area contributed by atoms with Gasteiger partial charge in [-0.05, 0) is 24.6 Å². The molecule has 0 amide bonds. The number of piperidine rings is 1. The first-order valence-electron chi connectivity index (χ1n) is 6.19. The fourth-order valence-corrected chi connectivity index (χ4v) is 2.60. The fourth-order valence-electron chi connectivity index (χ4n) is 2.60. The molecule has 1 aromatic carbocycles. The molecule has 98 valence electrons. The summed E-state index contributed by atoms with van der Waals surface area (Å²) < 4.78 is 10.3. The monoisotopic (exact) mass is 249 g/mol. The normalized spacial score (nSPS) is 23.4. The quantitative estimate of drug-likeness (QED) is 0.826. The molecule has 0 unspecified atom stereocenters. The molecule has 0 bridgehead atoms. The number of carbonyl (C=O) groups is 1. The number of para-hydroxylation sites is 1. The average Bonchev–Trinajstić information content (AvgIpc) is 2.46. The predicted molar refractivity (Wildman–Crippen MR) is 68.7 cm³/mol. The standard InChI is InChI=1S/C14H19NO3/c1-17-13-6-4-3-5-11(13)10-7-8-15-9-12(10)14(16)18-2/h3-6,10,12,15H,7-9H2,1-2H3/t10-,12-/m1/s1. The Morgan fingerprint density at radius 2 is 2.11 bits per heavy atom. The van der Waals surface area contributed by atoms with E-state index in [1.807, 2.05) is 24.3 Å². The van der Waals surface area contributed by atoms with Gasteiger partial charge in [-0.1, -0.05) is 18.2 Å². The van der Waals surface area contributed by atoms with Crippen molar-refractivity contribution in [3.63, 3.8) is 0 Å². The smallest absolute Gasteiger partial charge is 0.310 e. The van der Waals surface area contributed by atoms with Gasteiger partial charge in [-0.15, -0.1) is 0 Å². The van der Waals surface area contributed by atoms with Crippen LogP contribution < -0.4 is 10.1 Å². The van der Waals surface area contributed by atoms with Crippen molar-refractivity contribution in [2.75, 3.05) is 27.3 Å². The van der Waals surface area contributed by atoms with Crippen molar-refractivity contribution >= 4 is 5.97 Å². The van der Waals surface area contributed by atoms with E-state index in [2.05, 4.69) is 5.32 Å². The van der Waals surface area contributed by atoms with Crippen molar-refractivity contribution < 1.29 is 14.3 Å². The number of nitrogens with one attached hydrogen (secondary N) is 1. The minimum absolute atomic E-state index is 0.139. The third kappa shape index (κ3) is 2.48. The van der Waals surface area contributed by atoms with Gasteiger partial charge in [-0.25, -0.2) is 0 Å². The van der Waals surface area contributed by atoms with Crippen molar-refractivity contribution in [1.82, 2.24) is 5.32 Å². The van der Waals surface area contributed by atoms with Crippen LogP contribution in [0.1, 0.15) is 17.9 Å². The fraction of sp³-hybridized carbons (Fsp3) is 0.500. The molecule has 0 saturated carbocycles. The molecular weight excluding hydrogens is 230 g/mol. The Morgan fingerprint density at radius 3 is 2.83 bits per heavy atom. The van der Waals surface area contributed by atoms with Gasteiger partial charge in [0.15, 0.2) is 0 Å². The second kappa shape index (κ2) is 5.87. The van der Waals surface area contributed by atoms with Gasteiger partial charge in [-0.3, -0.25) is 4.79 Å². The summed E-state index contributed by atoms with van der Waals surface area (Å²) in [5.41, 5.74) is 1.09. The van der Waals surface area contributed by atoms with E-state index in [1.165, 1.54) is 7.11 Å². The van der Waals surface area contributed by atoms with Crippen LogP contribution in [0.3, 0.4) is 0 Å². The topological polar surface area (TPSA) is 47.6 Å². The molecule has 1 saturated heterocycles. The van der Waals surface area contributed by atoms with Crippen LogP contribution in [0.5, 0.6) is 5.75 Å². The Kier molecular flexibility index (Phi) is 4.20. The van der Waals surface area contributed by atoms with E-state index in [1.54, 1.807) is 7.11 Å². The zero-order chi connectivity index (χ0) is 13.0. The van der Waals surface area contributed by atoms with E-state index in [0.29, 0.717) is 6.54 Å². The van der Waals surface area contributed by atoms with Crippen LogP contribution in [0, 0.1) is 5.92 Å². The van der Waals surface area contributed by atoms with Gasteiger partial charge in [0.1, 0.15) is 5.75 Å². The number of carbonyl (C=O) groups excluding carboxylic acids is 1. The second-order valence-electron chi connectivity index (χ2n) is 4.47. The highest BCUT2D eigenvalue weighted by molar-refractivity contribution is 5.74. The van der Waals surface area contributed by atoms with Gasteiger partial charge in [0.05, 0.1) is 20.1 Å². The van der Waals surface area contributed by atoms with Crippen molar-refractivity contribution in [3.8, 4) is 5.75 Å². The minimum atomic E-state index is -0.155. The molecule has 18 heavy (non-hydrogen) atoms. The number of ether oxygens (including phenoxy) is 2. The molecule has 1 aliphatic heterocycles. The van der Waals surface area contributed by atoms with Gasteiger partial charge in [0.2, 0.25) is 0 Å². The Morgan fingerprint density at radius 1 is 1.33 bits per heavy atom. The Labute approximate surface area is 107 Å². The summed E-state index contributed by atoms with van der Waals surface area (Å²) in [6.45, 7) is 1.57. The van der Waals surface area contributed by atoms with Gasteiger partial charge in [-0.2, -0.15) is 0 Å². The van der Waals surface area contributed by atoms with Crippen LogP contribution >= 0.6 is 0 Å². The van der Waals surface area contributed by atoms with Gasteiger partial charge >= 0.3 is 5.97 Å². The van der Waals surface area contributed by atoms with Crippen molar-refractivity contribution in [3.05, 3.63) is 29.8 Å². The van der Waals surface area contributed by atoms with Crippen LogP contribution in [-0.2, 0) is 9.53 Å². The Bertz CT molecular complexity index is 419. The first-order valence-corrected chi connectivity index (χ1v) is 6.19. The highest BCUT2D eigenvalue weighted by Crippen LogP contribution is 2.36. The molecule has 4 nitrogen and oxygen atoms in total. The third-order valence-corrected chi connectivity index (χ3v) is 3.52. The van der Waals surface area contributed by atoms with Crippen LogP contribution in [0.15, 0.2) is 24.3 Å². The Balaban J connectivity index is 2.30. The van der Waals surface area contributed by atoms with E-state index in [0.717, 1.165) is 24.3 Å². The maximum atomic E-state index is 11.8. The molecule has 0 aromatic heterocycles. The summed E-state index contributed by atoms with van der Waals surface area (Å²) in [4.78, 5) is 11.8. The minimum Gasteiger partial charge on any atom is -0.496 e. The SMILES string of the molecule is COC(=O)[C@@H]1CNCC[C@@H]1c1ccccc1OC. The zero-order valence-corrected chi connectivity index (χ0v) is 10.8. The molecule has 1 heterocycles. The number of esters is 1. The van der Waals surface area contributed by atoms with E-state index in [4.69, 9.17) is 9.47 Å². The molecule has 2 atom stereocenters. The average molecular weight is 249 g/mol. The van der Waals surface area contributed by atoms with E-state index in [-0.39, 0.29) is 17.8 Å². The number of rotatable bonds is 3. The molecular formula is C14H19NO3. The van der Waals surface area contributed by atoms with Crippen LogP contribution in [0.25, 0.3) is 0 Å². The summed E-state index contributed by atoms with van der Waals surface area (Å²) in [7, 11) is 3.10. The van der Waals surface area contributed by atoms with Crippen LogP contribution in [0.2, 0.25) is 0 Å². The summed E-state index contributed by atoms with van der Waals surface area (Å²) in [5, 5.41) is 3.25. The molecule has 1 aromatic rings. The molecule has 0 radical (unpaired) electrons. The van der Waals surface area contributed by atoms with Gasteiger partial charge < -0.3 is 14.8 Å². The van der Waals surface area contributed by atoms with Crippen molar-refractivity contribution in [2.24, 2.45) is 5.92 Å². The van der Waals surface area contributed by atoms with E-state index in [9.17, 15) is 4.79 Å². The number of methoxy groups -OCH3 is 2. The highest BCUT2D eigenvalue weighted by Gasteiger charge is 2.34. The highest BCUT2D eigenvalue weighted by atomic mass is 16.5. The van der Waals surface area contributed by atoms with E-state index >= 15 is 0 Å². The summed E-state index contributed by atoms with van der Waals surface area (Å²) >= 11 is 0. The van der Waals surface area contributed by atoms with E-state index < -0.39 is 0 Å². The molecule has 2 rings (SSSR count). The molecule has 1 N–H and O–H groups in total. The number of hydrogen-bond donors (Lipinski definition) is 1. The van der Waals surface area contributed by atoms with Crippen LogP contribution in [-0.4, -0.2) is 33.3 Å². The first-order chi connectivity index (χ1) is 8.77. The van der Waals surface area contributed by atoms with Crippen LogP contribution in [0.4, 0.5) is 0 Å². The van der Waals surface area contributed by atoms with Crippen molar-refractivity contribution in [1.29, 1.82) is 0 Å². The summed E-state index contributed by atoms with van der Waals surface area (Å²) in [6, 6.07) is 7.89. The molecule has 0 spiro atoms. The molecule has 4 heteroatoms. The second-order valence-corrected chi connectivity index (χ2v) is 4.47. The maximum absolute atomic E-state index is 11.8. The molecule has 1 aliphatic rings. The van der Waals surface area contributed by atoms with Gasteiger partial charge in [0.25, 0.3) is 0 Å². The largest absolute Gasteiger partial charge is 0.496 e. The van der Waals surface area contributed by atoms with Crippen molar-refractivity contribution in [2.45, 2.75) is 12.3 Å². The lowest BCUT2D eigenvalue weighted by molar-refractivity contribution is -0.146. The molecule has 1 fully saturated rings. The zero-order valence-electron chi connectivity index (χ0n) is 10.8. The maximum Gasteiger partial charge on any atom is 0.310 e.